The van der Waals surface area contributed by atoms with Crippen molar-refractivity contribution in [1.82, 2.24) is 4.98 Å². The van der Waals surface area contributed by atoms with E-state index in [4.69, 9.17) is 4.74 Å². The van der Waals surface area contributed by atoms with Crippen LogP contribution in [0.5, 0.6) is 5.75 Å². The number of carbonyl (C=O) groups is 1. The van der Waals surface area contributed by atoms with Crippen molar-refractivity contribution < 1.29 is 9.53 Å². The minimum absolute atomic E-state index is 0.223. The Labute approximate surface area is 135 Å². The summed E-state index contributed by atoms with van der Waals surface area (Å²) in [4.78, 5) is 17.0. The molecule has 4 nitrogen and oxygen atoms in total. The van der Waals surface area contributed by atoms with Gasteiger partial charge in [-0.1, -0.05) is 36.4 Å². The highest BCUT2D eigenvalue weighted by Gasteiger charge is 2.30. The topological polar surface area (TPSA) is 51.2 Å². The fourth-order valence-corrected chi connectivity index (χ4v) is 2.31. The normalized spacial score (nSPS) is 11.2. The molecular weight excluding hydrogens is 288 g/mol. The molecule has 0 bridgehead atoms. The number of nitrogens with one attached hydrogen (secondary N) is 1. The van der Waals surface area contributed by atoms with Crippen LogP contribution in [0.1, 0.15) is 13.8 Å². The average molecular weight is 306 g/mol. The number of anilines is 1. The van der Waals surface area contributed by atoms with Crippen molar-refractivity contribution in [3.63, 3.8) is 0 Å². The maximum Gasteiger partial charge on any atom is 0.268 e. The van der Waals surface area contributed by atoms with Gasteiger partial charge >= 0.3 is 0 Å². The summed E-state index contributed by atoms with van der Waals surface area (Å²) >= 11 is 0. The fourth-order valence-electron chi connectivity index (χ4n) is 2.31. The number of benzene rings is 2. The number of para-hydroxylation sites is 2. The zero-order valence-electron chi connectivity index (χ0n) is 13.1. The third-order valence-electron chi connectivity index (χ3n) is 3.54. The van der Waals surface area contributed by atoms with Crippen LogP contribution in [0.4, 0.5) is 5.69 Å². The first-order valence-corrected chi connectivity index (χ1v) is 7.45. The first-order chi connectivity index (χ1) is 11.1. The van der Waals surface area contributed by atoms with Gasteiger partial charge < -0.3 is 10.1 Å². The smallest absolute Gasteiger partial charge is 0.268 e. The van der Waals surface area contributed by atoms with Gasteiger partial charge in [0.05, 0.1) is 11.2 Å². The third-order valence-corrected chi connectivity index (χ3v) is 3.54. The Morgan fingerprint density at radius 2 is 1.74 bits per heavy atom. The minimum atomic E-state index is -1.00. The lowest BCUT2D eigenvalue weighted by Crippen LogP contribution is -2.42. The molecule has 1 aromatic heterocycles. The lowest BCUT2D eigenvalue weighted by molar-refractivity contribution is -0.128. The zero-order chi connectivity index (χ0) is 16.3. The molecule has 0 aliphatic rings. The number of rotatable bonds is 4. The molecule has 0 fully saturated rings. The highest BCUT2D eigenvalue weighted by molar-refractivity contribution is 6.03. The summed E-state index contributed by atoms with van der Waals surface area (Å²) in [5, 5.41) is 3.90. The Balaban J connectivity index is 1.82. The Kier molecular flexibility index (Phi) is 3.98. The van der Waals surface area contributed by atoms with Gasteiger partial charge in [-0.25, -0.2) is 0 Å². The van der Waals surface area contributed by atoms with E-state index in [1.54, 1.807) is 20.0 Å². The van der Waals surface area contributed by atoms with Crippen LogP contribution < -0.4 is 10.1 Å². The standard InChI is InChI=1S/C19H18N2O2/c1-19(2,23-15-10-4-3-5-11-15)18(22)21-16-12-6-8-14-9-7-13-20-17(14)16/h3-13H,1-2H3,(H,21,22). The summed E-state index contributed by atoms with van der Waals surface area (Å²) in [6.07, 6.45) is 1.71. The van der Waals surface area contributed by atoms with Crippen LogP contribution in [-0.2, 0) is 4.79 Å². The van der Waals surface area contributed by atoms with Crippen molar-refractivity contribution >= 4 is 22.5 Å². The second-order valence-corrected chi connectivity index (χ2v) is 5.76. The van der Waals surface area contributed by atoms with E-state index in [2.05, 4.69) is 10.3 Å². The summed E-state index contributed by atoms with van der Waals surface area (Å²) < 4.78 is 5.82. The maximum atomic E-state index is 12.6. The summed E-state index contributed by atoms with van der Waals surface area (Å²) in [7, 11) is 0. The van der Waals surface area contributed by atoms with E-state index >= 15 is 0 Å². The van der Waals surface area contributed by atoms with Crippen molar-refractivity contribution in [3.8, 4) is 5.75 Å². The molecule has 3 aromatic rings. The highest BCUT2D eigenvalue weighted by atomic mass is 16.5. The summed E-state index contributed by atoms with van der Waals surface area (Å²) in [6.45, 7) is 3.49. The van der Waals surface area contributed by atoms with E-state index in [1.807, 2.05) is 60.7 Å². The van der Waals surface area contributed by atoms with Crippen LogP contribution in [0, 0.1) is 0 Å². The van der Waals surface area contributed by atoms with Gasteiger partial charge in [-0.2, -0.15) is 0 Å². The second-order valence-electron chi connectivity index (χ2n) is 5.76. The summed E-state index contributed by atoms with van der Waals surface area (Å²) in [5.41, 5.74) is 0.440. The zero-order valence-corrected chi connectivity index (χ0v) is 13.1. The van der Waals surface area contributed by atoms with Gasteiger partial charge in [0, 0.05) is 11.6 Å². The van der Waals surface area contributed by atoms with Crippen molar-refractivity contribution in [2.24, 2.45) is 0 Å². The van der Waals surface area contributed by atoms with Crippen molar-refractivity contribution in [2.45, 2.75) is 19.4 Å². The highest BCUT2D eigenvalue weighted by Crippen LogP contribution is 2.23. The molecule has 0 unspecified atom stereocenters. The van der Waals surface area contributed by atoms with Gasteiger partial charge in [0.25, 0.3) is 5.91 Å². The van der Waals surface area contributed by atoms with Crippen molar-refractivity contribution in [1.29, 1.82) is 0 Å². The number of amides is 1. The molecule has 0 saturated carbocycles. The second kappa shape index (κ2) is 6.08. The molecule has 0 saturated heterocycles. The Morgan fingerprint density at radius 3 is 2.52 bits per heavy atom. The quantitative estimate of drug-likeness (QED) is 0.791. The number of hydrogen-bond donors (Lipinski definition) is 1. The van der Waals surface area contributed by atoms with Gasteiger partial charge in [-0.15, -0.1) is 0 Å². The van der Waals surface area contributed by atoms with Crippen LogP contribution in [0.2, 0.25) is 0 Å². The molecular formula is C19H18N2O2. The maximum absolute atomic E-state index is 12.6. The fraction of sp³-hybridized carbons (Fsp3) is 0.158. The van der Waals surface area contributed by atoms with E-state index in [9.17, 15) is 4.79 Å². The number of hydrogen-bond acceptors (Lipinski definition) is 3. The number of ether oxygens (including phenoxy) is 1. The number of fused-ring (bicyclic) bond motifs is 1. The van der Waals surface area contributed by atoms with Gasteiger partial charge in [-0.05, 0) is 38.1 Å². The molecule has 1 amide bonds. The first-order valence-electron chi connectivity index (χ1n) is 7.45. The number of pyridine rings is 1. The van der Waals surface area contributed by atoms with Crippen LogP contribution in [0.15, 0.2) is 66.9 Å². The largest absolute Gasteiger partial charge is 0.478 e. The molecule has 2 aromatic carbocycles. The van der Waals surface area contributed by atoms with E-state index in [0.717, 1.165) is 10.9 Å². The number of nitrogens with zero attached hydrogens (tertiary/aromatic N) is 1. The van der Waals surface area contributed by atoms with E-state index < -0.39 is 5.60 Å². The molecule has 116 valence electrons. The molecule has 0 spiro atoms. The lowest BCUT2D eigenvalue weighted by Gasteiger charge is -2.25. The molecule has 0 aliphatic carbocycles. The molecule has 1 heterocycles. The molecule has 0 atom stereocenters. The van der Waals surface area contributed by atoms with Gasteiger partial charge in [-0.3, -0.25) is 9.78 Å². The van der Waals surface area contributed by atoms with Crippen LogP contribution >= 0.6 is 0 Å². The summed E-state index contributed by atoms with van der Waals surface area (Å²) in [6, 6.07) is 18.8. The van der Waals surface area contributed by atoms with Crippen LogP contribution in [0.25, 0.3) is 10.9 Å². The average Bonchev–Trinajstić information content (AvgIpc) is 2.55. The van der Waals surface area contributed by atoms with Gasteiger partial charge in [0.15, 0.2) is 5.60 Å². The molecule has 3 rings (SSSR count). The van der Waals surface area contributed by atoms with Gasteiger partial charge in [0.1, 0.15) is 5.75 Å². The Morgan fingerprint density at radius 1 is 1.00 bits per heavy atom. The number of carbonyl (C=O) groups excluding carboxylic acids is 1. The molecule has 0 radical (unpaired) electrons. The van der Waals surface area contributed by atoms with E-state index in [0.29, 0.717) is 11.4 Å². The Bertz CT molecular complexity index is 824. The predicted molar refractivity (Wildman–Crippen MR) is 91.5 cm³/mol. The van der Waals surface area contributed by atoms with Crippen LogP contribution in [0.3, 0.4) is 0 Å². The SMILES string of the molecule is CC(C)(Oc1ccccc1)C(=O)Nc1cccc2cccnc12. The monoisotopic (exact) mass is 306 g/mol. The Hall–Kier alpha value is -2.88. The third kappa shape index (κ3) is 3.31. The van der Waals surface area contributed by atoms with E-state index in [-0.39, 0.29) is 5.91 Å². The van der Waals surface area contributed by atoms with Crippen LogP contribution in [-0.4, -0.2) is 16.5 Å². The predicted octanol–water partition coefficient (Wildman–Crippen LogP) is 4.03. The molecule has 0 aliphatic heterocycles. The van der Waals surface area contributed by atoms with E-state index in [1.165, 1.54) is 0 Å². The minimum Gasteiger partial charge on any atom is -0.478 e. The molecule has 23 heavy (non-hydrogen) atoms. The summed E-state index contributed by atoms with van der Waals surface area (Å²) in [5.74, 6) is 0.434. The van der Waals surface area contributed by atoms with Gasteiger partial charge in [0.2, 0.25) is 0 Å². The number of aromatic nitrogens is 1. The molecule has 4 heteroatoms. The first kappa shape index (κ1) is 15.0. The lowest BCUT2D eigenvalue weighted by atomic mass is 10.1. The van der Waals surface area contributed by atoms with Crippen molar-refractivity contribution in [3.05, 3.63) is 66.9 Å². The van der Waals surface area contributed by atoms with Crippen molar-refractivity contribution in [2.75, 3.05) is 5.32 Å². The molecule has 1 N–H and O–H groups in total.